The number of allylic oxidation sites excluding steroid dienone is 1. The Morgan fingerprint density at radius 3 is 1.77 bits per heavy atom. The summed E-state index contributed by atoms with van der Waals surface area (Å²) in [5, 5.41) is 0.991. The molecule has 0 spiro atoms. The Morgan fingerprint density at radius 2 is 1.31 bits per heavy atom. The first-order chi connectivity index (χ1) is 18.9. The van der Waals surface area contributed by atoms with E-state index in [-0.39, 0.29) is 13.2 Å². The summed E-state index contributed by atoms with van der Waals surface area (Å²) >= 11 is 0. The van der Waals surface area contributed by atoms with Crippen molar-refractivity contribution in [2.24, 2.45) is 11.8 Å². The Labute approximate surface area is 227 Å². The first-order valence-corrected chi connectivity index (χ1v) is 12.5. The van der Waals surface area contributed by atoms with E-state index < -0.39 is 42.0 Å². The van der Waals surface area contributed by atoms with Crippen LogP contribution in [0.15, 0.2) is 78.4 Å². The van der Waals surface area contributed by atoms with Gasteiger partial charge in [0, 0.05) is 5.92 Å². The van der Waals surface area contributed by atoms with Crippen LogP contribution in [0.5, 0.6) is 0 Å². The smallest absolute Gasteiger partial charge is 0.429 e. The third-order valence-electron chi connectivity index (χ3n) is 6.09. The monoisotopic (exact) mass is 536 g/mol. The molecule has 1 aliphatic rings. The molecule has 0 radical (unpaired) electrons. The van der Waals surface area contributed by atoms with Crippen LogP contribution < -0.4 is 5.43 Å². The van der Waals surface area contributed by atoms with Crippen molar-refractivity contribution in [2.45, 2.75) is 19.9 Å². The zero-order valence-corrected chi connectivity index (χ0v) is 22.3. The number of nitrogens with zero attached hydrogens (tertiary/aromatic N) is 1. The highest BCUT2D eigenvalue weighted by Crippen LogP contribution is 2.42. The first-order valence-electron chi connectivity index (χ1n) is 12.5. The normalized spacial score (nSPS) is 15.9. The van der Waals surface area contributed by atoms with Crippen molar-refractivity contribution in [1.29, 1.82) is 0 Å². The molecule has 2 atom stereocenters. The Kier molecular flexibility index (Phi) is 10.3. The second-order valence-electron chi connectivity index (χ2n) is 8.34. The summed E-state index contributed by atoms with van der Waals surface area (Å²) in [6, 6.07) is 17.7. The minimum atomic E-state index is -1.38. The van der Waals surface area contributed by atoms with Crippen molar-refractivity contribution in [1.82, 2.24) is 10.4 Å². The van der Waals surface area contributed by atoms with Crippen molar-refractivity contribution in [3.8, 4) is 0 Å². The molecule has 3 rings (SSSR count). The van der Waals surface area contributed by atoms with Gasteiger partial charge in [-0.05, 0) is 36.1 Å². The molecule has 0 aliphatic heterocycles. The number of rotatable bonds is 8. The Hall–Kier alpha value is -4.60. The third kappa shape index (κ3) is 6.64. The average molecular weight is 537 g/mol. The summed E-state index contributed by atoms with van der Waals surface area (Å²) in [5.41, 5.74) is 5.09. The number of carbonyl (C=O) groups excluding carboxylic acids is 4. The van der Waals surface area contributed by atoms with Crippen molar-refractivity contribution >= 4 is 29.7 Å². The van der Waals surface area contributed by atoms with Gasteiger partial charge in [-0.1, -0.05) is 72.8 Å². The lowest BCUT2D eigenvalue weighted by Gasteiger charge is -2.32. The quantitative estimate of drug-likeness (QED) is 0.176. The van der Waals surface area contributed by atoms with Gasteiger partial charge in [-0.2, -0.15) is 0 Å². The minimum absolute atomic E-state index is 0.0376. The van der Waals surface area contributed by atoms with Crippen molar-refractivity contribution < 1.29 is 38.1 Å². The zero-order valence-electron chi connectivity index (χ0n) is 22.3. The van der Waals surface area contributed by atoms with E-state index in [1.54, 1.807) is 26.0 Å². The summed E-state index contributed by atoms with van der Waals surface area (Å²) in [4.78, 5) is 51.5. The van der Waals surface area contributed by atoms with Crippen LogP contribution in [0.4, 0.5) is 9.59 Å². The van der Waals surface area contributed by atoms with E-state index in [2.05, 4.69) is 5.43 Å². The van der Waals surface area contributed by atoms with Gasteiger partial charge in [-0.15, -0.1) is 0 Å². The zero-order chi connectivity index (χ0) is 28.4. The largest absolute Gasteiger partial charge is 0.468 e. The van der Waals surface area contributed by atoms with Crippen LogP contribution in [0.25, 0.3) is 5.57 Å². The number of nitrogens with one attached hydrogen (secondary N) is 1. The summed E-state index contributed by atoms with van der Waals surface area (Å²) < 4.78 is 20.2. The van der Waals surface area contributed by atoms with Gasteiger partial charge in [-0.25, -0.2) is 20.0 Å². The number of methoxy groups -OCH3 is 2. The van der Waals surface area contributed by atoms with E-state index in [1.807, 2.05) is 60.7 Å². The van der Waals surface area contributed by atoms with E-state index in [0.29, 0.717) is 11.1 Å². The lowest BCUT2D eigenvalue weighted by molar-refractivity contribution is -0.160. The summed E-state index contributed by atoms with van der Waals surface area (Å²) in [7, 11) is 2.36. The standard InChI is InChI=1S/C29H32N2O8/c1-5-38-28(34)30-31(29(35)39-6-2)22-18-17-21(25(26(32)36-3)27(33)37-4)24(22)23(19-13-9-7-10-14-19)20-15-11-8-12-16-20/h7-18,21-22,25H,5-6H2,1-4H3,(H,30,34)/t21-,22+/m1/s1. The molecule has 0 unspecified atom stereocenters. The highest BCUT2D eigenvalue weighted by atomic mass is 16.6. The molecule has 206 valence electrons. The molecule has 10 heteroatoms. The molecule has 39 heavy (non-hydrogen) atoms. The van der Waals surface area contributed by atoms with Crippen LogP contribution in [0.3, 0.4) is 0 Å². The minimum Gasteiger partial charge on any atom is -0.468 e. The van der Waals surface area contributed by atoms with E-state index >= 15 is 0 Å². The van der Waals surface area contributed by atoms with Crippen LogP contribution in [0.1, 0.15) is 25.0 Å². The lowest BCUT2D eigenvalue weighted by Crippen LogP contribution is -2.52. The Morgan fingerprint density at radius 1 is 0.795 bits per heavy atom. The van der Waals surface area contributed by atoms with Crippen molar-refractivity contribution in [3.63, 3.8) is 0 Å². The predicted octanol–water partition coefficient (Wildman–Crippen LogP) is 4.12. The fourth-order valence-electron chi connectivity index (χ4n) is 4.50. The maximum absolute atomic E-state index is 13.2. The summed E-state index contributed by atoms with van der Waals surface area (Å²) in [5.74, 6) is -3.90. The van der Waals surface area contributed by atoms with Crippen LogP contribution in [-0.4, -0.2) is 62.6 Å². The molecular weight excluding hydrogens is 504 g/mol. The number of hydrogen-bond donors (Lipinski definition) is 1. The summed E-state index contributed by atoms with van der Waals surface area (Å²) in [6.45, 7) is 3.37. The molecular formula is C29H32N2O8. The van der Waals surface area contributed by atoms with Gasteiger partial charge in [0.05, 0.1) is 33.5 Å². The van der Waals surface area contributed by atoms with E-state index in [0.717, 1.165) is 16.1 Å². The van der Waals surface area contributed by atoms with E-state index in [4.69, 9.17) is 18.9 Å². The highest BCUT2D eigenvalue weighted by Gasteiger charge is 2.46. The molecule has 1 aliphatic carbocycles. The maximum atomic E-state index is 13.2. The molecule has 0 saturated heterocycles. The highest BCUT2D eigenvalue weighted by molar-refractivity contribution is 5.97. The van der Waals surface area contributed by atoms with Crippen molar-refractivity contribution in [3.05, 3.63) is 89.5 Å². The second-order valence-corrected chi connectivity index (χ2v) is 8.34. The lowest BCUT2D eigenvalue weighted by atomic mass is 9.80. The fourth-order valence-corrected chi connectivity index (χ4v) is 4.50. The molecule has 2 aromatic carbocycles. The van der Waals surface area contributed by atoms with E-state index in [1.165, 1.54) is 14.2 Å². The molecule has 2 aromatic rings. The molecule has 0 saturated carbocycles. The molecule has 1 N–H and O–H groups in total. The number of esters is 2. The van der Waals surface area contributed by atoms with Gasteiger partial charge in [-0.3, -0.25) is 9.59 Å². The maximum Gasteiger partial charge on any atom is 0.429 e. The molecule has 0 fully saturated rings. The van der Waals surface area contributed by atoms with Crippen LogP contribution >= 0.6 is 0 Å². The Balaban J connectivity index is 2.35. The van der Waals surface area contributed by atoms with Gasteiger partial charge >= 0.3 is 24.1 Å². The number of carbonyl (C=O) groups is 4. The van der Waals surface area contributed by atoms with Crippen LogP contribution in [-0.2, 0) is 28.5 Å². The van der Waals surface area contributed by atoms with Crippen LogP contribution in [0, 0.1) is 11.8 Å². The number of benzene rings is 2. The molecule has 0 bridgehead atoms. The van der Waals surface area contributed by atoms with Crippen molar-refractivity contribution in [2.75, 3.05) is 27.4 Å². The second kappa shape index (κ2) is 13.8. The van der Waals surface area contributed by atoms with E-state index in [9.17, 15) is 19.2 Å². The predicted molar refractivity (Wildman–Crippen MR) is 142 cm³/mol. The number of hydrogen-bond acceptors (Lipinski definition) is 8. The van der Waals surface area contributed by atoms with Crippen LogP contribution in [0.2, 0.25) is 0 Å². The summed E-state index contributed by atoms with van der Waals surface area (Å²) in [6.07, 6.45) is 1.52. The third-order valence-corrected chi connectivity index (χ3v) is 6.09. The average Bonchev–Trinajstić information content (AvgIpc) is 3.36. The molecule has 0 heterocycles. The first kappa shape index (κ1) is 29.0. The van der Waals surface area contributed by atoms with Gasteiger partial charge in [0.2, 0.25) is 0 Å². The number of ether oxygens (including phenoxy) is 4. The van der Waals surface area contributed by atoms with Gasteiger partial charge < -0.3 is 18.9 Å². The fraction of sp³-hybridized carbons (Fsp3) is 0.310. The molecule has 2 amide bonds. The van der Waals surface area contributed by atoms with Gasteiger partial charge in [0.1, 0.15) is 0 Å². The topological polar surface area (TPSA) is 120 Å². The molecule has 0 aromatic heterocycles. The number of hydrazine groups is 1. The van der Waals surface area contributed by atoms with Gasteiger partial charge in [0.15, 0.2) is 5.92 Å². The van der Waals surface area contributed by atoms with Gasteiger partial charge in [0.25, 0.3) is 0 Å². The Bertz CT molecular complexity index is 1170. The SMILES string of the molecule is CCOC(=O)NN(C(=O)OCC)[C@H]1C=C[C@@H](C(C(=O)OC)C(=O)OC)C1=C(c1ccccc1)c1ccccc1. The number of amides is 2. The molecule has 10 nitrogen and oxygen atoms in total.